The third-order valence-corrected chi connectivity index (χ3v) is 5.45. The average molecular weight is 434 g/mol. The van der Waals surface area contributed by atoms with Crippen LogP contribution in [0.25, 0.3) is 11.4 Å². The summed E-state index contributed by atoms with van der Waals surface area (Å²) in [6.07, 6.45) is 0.791. The SMILES string of the molecule is CNC(=O)[C@@H](NC(=O)c1nc(-c2ccc(F)cc2F)n2c1CN(C)CCC2)C(C)(C)C. The van der Waals surface area contributed by atoms with Crippen LogP contribution in [0, 0.1) is 17.0 Å². The minimum atomic E-state index is -0.781. The van der Waals surface area contributed by atoms with Crippen molar-refractivity contribution in [2.24, 2.45) is 5.41 Å². The molecule has 0 saturated heterocycles. The Morgan fingerprint density at radius 1 is 1.19 bits per heavy atom. The number of carbonyl (C=O) groups excluding carboxylic acids is 2. The number of hydrogen-bond donors (Lipinski definition) is 2. The van der Waals surface area contributed by atoms with Gasteiger partial charge in [0.2, 0.25) is 5.91 Å². The molecular formula is C22H29F2N5O2. The van der Waals surface area contributed by atoms with Crippen molar-refractivity contribution in [3.05, 3.63) is 41.2 Å². The molecule has 0 unspecified atom stereocenters. The highest BCUT2D eigenvalue weighted by molar-refractivity contribution is 5.97. The fourth-order valence-electron chi connectivity index (χ4n) is 3.80. The van der Waals surface area contributed by atoms with Gasteiger partial charge in [0, 0.05) is 26.2 Å². The minimum Gasteiger partial charge on any atom is -0.357 e. The molecule has 1 aliphatic heterocycles. The van der Waals surface area contributed by atoms with Gasteiger partial charge in [-0.05, 0) is 37.6 Å². The van der Waals surface area contributed by atoms with Gasteiger partial charge >= 0.3 is 0 Å². The van der Waals surface area contributed by atoms with Gasteiger partial charge in [0.05, 0.1) is 11.3 Å². The van der Waals surface area contributed by atoms with Crippen molar-refractivity contribution in [2.45, 2.75) is 46.3 Å². The average Bonchev–Trinajstić information content (AvgIpc) is 2.90. The summed E-state index contributed by atoms with van der Waals surface area (Å²) in [5.74, 6) is -1.96. The van der Waals surface area contributed by atoms with Crippen LogP contribution in [-0.2, 0) is 17.9 Å². The van der Waals surface area contributed by atoms with Gasteiger partial charge in [0.15, 0.2) is 5.69 Å². The monoisotopic (exact) mass is 433 g/mol. The van der Waals surface area contributed by atoms with Gasteiger partial charge in [0.25, 0.3) is 5.91 Å². The highest BCUT2D eigenvalue weighted by atomic mass is 19.1. The maximum absolute atomic E-state index is 14.6. The maximum atomic E-state index is 14.6. The first-order valence-electron chi connectivity index (χ1n) is 10.3. The lowest BCUT2D eigenvalue weighted by molar-refractivity contribution is -0.124. The highest BCUT2D eigenvalue weighted by Crippen LogP contribution is 2.29. The van der Waals surface area contributed by atoms with Crippen LogP contribution in [0.5, 0.6) is 0 Å². The Labute approximate surface area is 180 Å². The van der Waals surface area contributed by atoms with Gasteiger partial charge in [0.1, 0.15) is 23.5 Å². The van der Waals surface area contributed by atoms with Gasteiger partial charge < -0.3 is 20.1 Å². The van der Waals surface area contributed by atoms with Gasteiger partial charge in [-0.25, -0.2) is 13.8 Å². The van der Waals surface area contributed by atoms with Crippen molar-refractivity contribution in [2.75, 3.05) is 20.6 Å². The van der Waals surface area contributed by atoms with Crippen LogP contribution in [0.15, 0.2) is 18.2 Å². The number of fused-ring (bicyclic) bond motifs is 1. The van der Waals surface area contributed by atoms with Crippen LogP contribution in [-0.4, -0.2) is 52.9 Å². The Morgan fingerprint density at radius 3 is 2.52 bits per heavy atom. The second-order valence-corrected chi connectivity index (χ2v) is 8.98. The summed E-state index contributed by atoms with van der Waals surface area (Å²) in [6, 6.07) is 2.53. The summed E-state index contributed by atoms with van der Waals surface area (Å²) in [6.45, 7) is 7.36. The van der Waals surface area contributed by atoms with E-state index < -0.39 is 29.0 Å². The summed E-state index contributed by atoms with van der Waals surface area (Å²) < 4.78 is 29.8. The summed E-state index contributed by atoms with van der Waals surface area (Å²) >= 11 is 0. The molecule has 168 valence electrons. The highest BCUT2D eigenvalue weighted by Gasteiger charge is 2.35. The van der Waals surface area contributed by atoms with E-state index in [4.69, 9.17) is 0 Å². The number of amides is 2. The van der Waals surface area contributed by atoms with Crippen molar-refractivity contribution in [3.8, 4) is 11.4 Å². The molecule has 0 fully saturated rings. The van der Waals surface area contributed by atoms with Crippen molar-refractivity contribution >= 4 is 11.8 Å². The predicted molar refractivity (Wildman–Crippen MR) is 113 cm³/mol. The van der Waals surface area contributed by atoms with E-state index in [9.17, 15) is 18.4 Å². The Bertz CT molecular complexity index is 997. The molecule has 0 radical (unpaired) electrons. The van der Waals surface area contributed by atoms with E-state index in [1.807, 2.05) is 32.4 Å². The molecule has 31 heavy (non-hydrogen) atoms. The number of nitrogens with one attached hydrogen (secondary N) is 2. The fourth-order valence-corrected chi connectivity index (χ4v) is 3.80. The van der Waals surface area contributed by atoms with E-state index >= 15 is 0 Å². The van der Waals surface area contributed by atoms with Gasteiger partial charge in [-0.15, -0.1) is 0 Å². The van der Waals surface area contributed by atoms with E-state index in [1.54, 1.807) is 0 Å². The third kappa shape index (κ3) is 4.76. The molecule has 1 aromatic carbocycles. The van der Waals surface area contributed by atoms with Crippen molar-refractivity contribution in [3.63, 3.8) is 0 Å². The second kappa shape index (κ2) is 8.74. The number of likely N-dealkylation sites (N-methyl/N-ethyl adjacent to an activating group) is 1. The van der Waals surface area contributed by atoms with Crippen molar-refractivity contribution in [1.29, 1.82) is 0 Å². The topological polar surface area (TPSA) is 79.3 Å². The van der Waals surface area contributed by atoms with Crippen LogP contribution < -0.4 is 10.6 Å². The van der Waals surface area contributed by atoms with E-state index in [0.717, 1.165) is 19.0 Å². The lowest BCUT2D eigenvalue weighted by Gasteiger charge is -2.29. The van der Waals surface area contributed by atoms with Crippen molar-refractivity contribution < 1.29 is 18.4 Å². The second-order valence-electron chi connectivity index (χ2n) is 8.98. The molecule has 2 heterocycles. The van der Waals surface area contributed by atoms with Crippen LogP contribution in [0.2, 0.25) is 0 Å². The van der Waals surface area contributed by atoms with E-state index in [-0.39, 0.29) is 23.0 Å². The normalized spacial score (nSPS) is 15.7. The lowest BCUT2D eigenvalue weighted by Crippen LogP contribution is -2.53. The first-order chi connectivity index (χ1) is 14.5. The third-order valence-electron chi connectivity index (χ3n) is 5.45. The van der Waals surface area contributed by atoms with Crippen LogP contribution in [0.1, 0.15) is 43.4 Å². The molecule has 0 saturated carbocycles. The molecule has 1 aromatic heterocycles. The molecule has 3 rings (SSSR count). The maximum Gasteiger partial charge on any atom is 0.272 e. The first-order valence-corrected chi connectivity index (χ1v) is 10.3. The number of halogens is 2. The largest absolute Gasteiger partial charge is 0.357 e. The Balaban J connectivity index is 2.08. The van der Waals surface area contributed by atoms with Crippen LogP contribution in [0.3, 0.4) is 0 Å². The van der Waals surface area contributed by atoms with E-state index in [1.165, 1.54) is 19.2 Å². The van der Waals surface area contributed by atoms with Gasteiger partial charge in [-0.1, -0.05) is 20.8 Å². The number of benzene rings is 1. The molecule has 0 spiro atoms. The zero-order valence-electron chi connectivity index (χ0n) is 18.6. The number of hydrogen-bond acceptors (Lipinski definition) is 4. The molecule has 2 aromatic rings. The molecule has 1 atom stereocenters. The predicted octanol–water partition coefficient (Wildman–Crippen LogP) is 2.55. The first kappa shape index (κ1) is 22.9. The zero-order chi connectivity index (χ0) is 22.9. The minimum absolute atomic E-state index is 0.130. The molecule has 7 nitrogen and oxygen atoms in total. The number of nitrogens with zero attached hydrogens (tertiary/aromatic N) is 3. The van der Waals surface area contributed by atoms with E-state index in [0.29, 0.717) is 18.8 Å². The number of aromatic nitrogens is 2. The van der Waals surface area contributed by atoms with Crippen molar-refractivity contribution in [1.82, 2.24) is 25.1 Å². The molecule has 1 aliphatic rings. The van der Waals surface area contributed by atoms with Crippen LogP contribution >= 0.6 is 0 Å². The fraction of sp³-hybridized carbons (Fsp3) is 0.500. The van der Waals surface area contributed by atoms with Gasteiger partial charge in [-0.2, -0.15) is 0 Å². The standard InChI is InChI=1S/C22H29F2N5O2/c1-22(2,3)18(21(31)25-4)27-20(30)17-16-12-28(5)9-6-10-29(16)19(26-17)14-8-7-13(23)11-15(14)24/h7-8,11,18H,6,9-10,12H2,1-5H3,(H,25,31)(H,27,30)/t18-/m1/s1. The van der Waals surface area contributed by atoms with Gasteiger partial charge in [-0.3, -0.25) is 9.59 Å². The molecule has 2 amide bonds. The Morgan fingerprint density at radius 2 is 1.90 bits per heavy atom. The quantitative estimate of drug-likeness (QED) is 0.777. The Kier molecular flexibility index (Phi) is 6.45. The zero-order valence-corrected chi connectivity index (χ0v) is 18.6. The Hall–Kier alpha value is -2.81. The molecule has 0 aliphatic carbocycles. The molecule has 9 heteroatoms. The molecule has 2 N–H and O–H groups in total. The molecule has 0 bridgehead atoms. The smallest absolute Gasteiger partial charge is 0.272 e. The molecular weight excluding hydrogens is 404 g/mol. The number of carbonyl (C=O) groups is 2. The summed E-state index contributed by atoms with van der Waals surface area (Å²) in [5.41, 5.74) is 0.381. The number of rotatable bonds is 4. The summed E-state index contributed by atoms with van der Waals surface area (Å²) in [4.78, 5) is 32.2. The summed E-state index contributed by atoms with van der Waals surface area (Å²) in [5, 5.41) is 5.38. The summed E-state index contributed by atoms with van der Waals surface area (Å²) in [7, 11) is 3.45. The lowest BCUT2D eigenvalue weighted by atomic mass is 9.86. The number of imidazole rings is 1. The van der Waals surface area contributed by atoms with E-state index in [2.05, 4.69) is 20.5 Å². The van der Waals surface area contributed by atoms with Crippen LogP contribution in [0.4, 0.5) is 8.78 Å².